The Balaban J connectivity index is 2.28. The monoisotopic (exact) mass is 289 g/mol. The van der Waals surface area contributed by atoms with E-state index in [4.69, 9.17) is 30.9 Å². The maximum Gasteiger partial charge on any atom is 0.337 e. The molecular formula is C12H16ClNO5. The van der Waals surface area contributed by atoms with Crippen LogP contribution in [0.5, 0.6) is 5.88 Å². The van der Waals surface area contributed by atoms with E-state index in [9.17, 15) is 4.79 Å². The van der Waals surface area contributed by atoms with Crippen molar-refractivity contribution >= 4 is 17.6 Å². The lowest BCUT2D eigenvalue weighted by atomic mass is 10.3. The van der Waals surface area contributed by atoms with Crippen molar-refractivity contribution in [2.24, 2.45) is 0 Å². The van der Waals surface area contributed by atoms with Gasteiger partial charge >= 0.3 is 5.97 Å². The smallest absolute Gasteiger partial charge is 0.337 e. The Morgan fingerprint density at radius 2 is 2.16 bits per heavy atom. The molecule has 0 aliphatic rings. The highest BCUT2D eigenvalue weighted by atomic mass is 35.5. The van der Waals surface area contributed by atoms with E-state index in [1.54, 1.807) is 7.11 Å². The van der Waals surface area contributed by atoms with E-state index < -0.39 is 5.97 Å². The second-order valence-electron chi connectivity index (χ2n) is 3.62. The minimum Gasteiger partial charge on any atom is -0.478 e. The quantitative estimate of drug-likeness (QED) is 0.699. The molecule has 0 aromatic carbocycles. The van der Waals surface area contributed by atoms with Crippen LogP contribution in [0.4, 0.5) is 0 Å². The number of carbonyl (C=O) groups is 1. The third-order valence-corrected chi connectivity index (χ3v) is 2.43. The Morgan fingerprint density at radius 3 is 2.79 bits per heavy atom. The summed E-state index contributed by atoms with van der Waals surface area (Å²) >= 11 is 5.85. The molecule has 1 rings (SSSR count). The number of carboxylic acids is 1. The minimum absolute atomic E-state index is 0.0214. The van der Waals surface area contributed by atoms with Crippen molar-refractivity contribution in [1.82, 2.24) is 4.98 Å². The number of halogens is 1. The molecule has 1 N–H and O–H groups in total. The van der Waals surface area contributed by atoms with Gasteiger partial charge in [-0.1, -0.05) is 11.6 Å². The summed E-state index contributed by atoms with van der Waals surface area (Å²) in [4.78, 5) is 14.5. The molecule has 106 valence electrons. The van der Waals surface area contributed by atoms with E-state index >= 15 is 0 Å². The van der Waals surface area contributed by atoms with Gasteiger partial charge in [0.2, 0.25) is 5.88 Å². The highest BCUT2D eigenvalue weighted by molar-refractivity contribution is 6.32. The first-order valence-corrected chi connectivity index (χ1v) is 6.11. The predicted octanol–water partition coefficient (Wildman–Crippen LogP) is 1.87. The normalized spacial score (nSPS) is 10.4. The lowest BCUT2D eigenvalue weighted by Gasteiger charge is -2.08. The molecule has 1 aromatic heterocycles. The molecule has 0 saturated carbocycles. The van der Waals surface area contributed by atoms with E-state index in [1.807, 2.05) is 0 Å². The summed E-state index contributed by atoms with van der Waals surface area (Å²) < 4.78 is 15.5. The van der Waals surface area contributed by atoms with Crippen LogP contribution in [0.1, 0.15) is 16.8 Å². The largest absolute Gasteiger partial charge is 0.478 e. The summed E-state index contributed by atoms with van der Waals surface area (Å²) in [6.45, 7) is 1.95. The Bertz CT molecular complexity index is 413. The number of hydrogen-bond acceptors (Lipinski definition) is 5. The van der Waals surface area contributed by atoms with Crippen LogP contribution in [0.2, 0.25) is 5.02 Å². The summed E-state index contributed by atoms with van der Waals surface area (Å²) in [5, 5.41) is 8.91. The van der Waals surface area contributed by atoms with Crippen LogP contribution in [0.3, 0.4) is 0 Å². The third kappa shape index (κ3) is 5.87. The first-order valence-electron chi connectivity index (χ1n) is 5.73. The average molecular weight is 290 g/mol. The molecule has 1 aromatic rings. The van der Waals surface area contributed by atoms with Gasteiger partial charge < -0.3 is 19.3 Å². The number of aromatic carboxylic acids is 1. The fraction of sp³-hybridized carbons (Fsp3) is 0.500. The van der Waals surface area contributed by atoms with Crippen LogP contribution in [0, 0.1) is 0 Å². The second-order valence-corrected chi connectivity index (χ2v) is 4.03. The first-order chi connectivity index (χ1) is 9.15. The molecule has 0 spiro atoms. The first kappa shape index (κ1) is 15.7. The summed E-state index contributed by atoms with van der Waals surface area (Å²) in [7, 11) is 1.64. The molecule has 0 saturated heterocycles. The van der Waals surface area contributed by atoms with E-state index in [2.05, 4.69) is 4.98 Å². The van der Waals surface area contributed by atoms with E-state index in [-0.39, 0.29) is 16.5 Å². The van der Waals surface area contributed by atoms with Crippen LogP contribution < -0.4 is 4.74 Å². The van der Waals surface area contributed by atoms with Crippen LogP contribution in [-0.2, 0) is 9.47 Å². The Kier molecular flexibility index (Phi) is 7.17. The fourth-order valence-electron chi connectivity index (χ4n) is 1.25. The topological polar surface area (TPSA) is 77.9 Å². The van der Waals surface area contributed by atoms with Gasteiger partial charge in [-0.15, -0.1) is 0 Å². The number of ether oxygens (including phenoxy) is 3. The second kappa shape index (κ2) is 8.68. The Hall–Kier alpha value is -1.37. The molecule has 19 heavy (non-hydrogen) atoms. The maximum atomic E-state index is 10.7. The summed E-state index contributed by atoms with van der Waals surface area (Å²) in [5.74, 6) is -0.880. The number of nitrogens with zero attached hydrogens (tertiary/aromatic N) is 1. The van der Waals surface area contributed by atoms with Gasteiger partial charge in [0.25, 0.3) is 0 Å². The molecule has 0 aliphatic carbocycles. The lowest BCUT2D eigenvalue weighted by molar-refractivity contribution is 0.0695. The molecule has 0 atom stereocenters. The van der Waals surface area contributed by atoms with Gasteiger partial charge in [0.1, 0.15) is 11.6 Å². The van der Waals surface area contributed by atoms with Crippen LogP contribution >= 0.6 is 11.6 Å². The van der Waals surface area contributed by atoms with E-state index in [1.165, 1.54) is 12.3 Å². The number of methoxy groups -OCH3 is 1. The number of rotatable bonds is 9. The number of hydrogen-bond donors (Lipinski definition) is 1. The molecule has 7 heteroatoms. The highest BCUT2D eigenvalue weighted by Gasteiger charge is 2.09. The van der Waals surface area contributed by atoms with Gasteiger partial charge in [-0.25, -0.2) is 9.78 Å². The Morgan fingerprint density at radius 1 is 1.37 bits per heavy atom. The van der Waals surface area contributed by atoms with Crippen molar-refractivity contribution in [3.8, 4) is 5.88 Å². The van der Waals surface area contributed by atoms with Crippen molar-refractivity contribution in [3.63, 3.8) is 0 Å². The summed E-state index contributed by atoms with van der Waals surface area (Å²) in [5.41, 5.74) is 0.0214. The molecule has 0 radical (unpaired) electrons. The van der Waals surface area contributed by atoms with E-state index in [0.717, 1.165) is 6.42 Å². The van der Waals surface area contributed by atoms with Gasteiger partial charge in [0, 0.05) is 26.5 Å². The van der Waals surface area contributed by atoms with Gasteiger partial charge in [0.15, 0.2) is 0 Å². The van der Waals surface area contributed by atoms with Crippen LogP contribution in [0.25, 0.3) is 0 Å². The number of aromatic nitrogens is 1. The van der Waals surface area contributed by atoms with E-state index in [0.29, 0.717) is 26.4 Å². The molecular weight excluding hydrogens is 274 g/mol. The lowest BCUT2D eigenvalue weighted by Crippen LogP contribution is -2.10. The summed E-state index contributed by atoms with van der Waals surface area (Å²) in [6.07, 6.45) is 2.02. The highest BCUT2D eigenvalue weighted by Crippen LogP contribution is 2.22. The number of pyridine rings is 1. The predicted molar refractivity (Wildman–Crippen MR) is 69.0 cm³/mol. The van der Waals surface area contributed by atoms with Crippen molar-refractivity contribution < 1.29 is 24.1 Å². The minimum atomic E-state index is -1.08. The average Bonchev–Trinajstić information content (AvgIpc) is 2.39. The third-order valence-electron chi connectivity index (χ3n) is 2.16. The molecule has 6 nitrogen and oxygen atoms in total. The zero-order valence-electron chi connectivity index (χ0n) is 10.6. The van der Waals surface area contributed by atoms with Gasteiger partial charge in [-0.05, 0) is 12.5 Å². The van der Waals surface area contributed by atoms with Crippen molar-refractivity contribution in [3.05, 3.63) is 22.8 Å². The molecule has 1 heterocycles. The van der Waals surface area contributed by atoms with Gasteiger partial charge in [-0.3, -0.25) is 0 Å². The standard InChI is InChI=1S/C12H16ClNO5/c1-17-3-2-4-18-5-6-19-11-10(13)7-9(8-14-11)12(15)16/h7-8H,2-6H2,1H3,(H,15,16). The molecule has 0 unspecified atom stereocenters. The molecule has 0 bridgehead atoms. The van der Waals surface area contributed by atoms with Crippen LogP contribution in [-0.4, -0.2) is 49.6 Å². The van der Waals surface area contributed by atoms with Crippen molar-refractivity contribution in [2.75, 3.05) is 33.5 Å². The maximum absolute atomic E-state index is 10.7. The zero-order valence-corrected chi connectivity index (χ0v) is 11.4. The van der Waals surface area contributed by atoms with Crippen molar-refractivity contribution in [2.45, 2.75) is 6.42 Å². The molecule has 0 amide bonds. The molecule has 0 aliphatic heterocycles. The number of carboxylic acid groups (broad SMARTS) is 1. The zero-order chi connectivity index (χ0) is 14.1. The fourth-order valence-corrected chi connectivity index (χ4v) is 1.47. The SMILES string of the molecule is COCCCOCCOc1ncc(C(=O)O)cc1Cl. The summed E-state index contributed by atoms with van der Waals surface area (Å²) in [6, 6.07) is 1.30. The Labute approximate surface area is 116 Å². The van der Waals surface area contributed by atoms with Crippen molar-refractivity contribution in [1.29, 1.82) is 0 Å². The van der Waals surface area contributed by atoms with Crippen LogP contribution in [0.15, 0.2) is 12.3 Å². The molecule has 0 fully saturated rings. The van der Waals surface area contributed by atoms with Gasteiger partial charge in [-0.2, -0.15) is 0 Å². The van der Waals surface area contributed by atoms with Gasteiger partial charge in [0.05, 0.1) is 12.2 Å².